The molecular formula is C54H38N2Si. The SMILES string of the molecule is c1ccc(-c2ccc(-n3c4ccccc4c4c(-n5c6ccccc6c6ccc([Si](c7ccccc7)(c7ccccc7)c7ccccc7)cc65)cccc43)cc2)cc1. The Balaban J connectivity index is 1.21. The lowest BCUT2D eigenvalue weighted by Crippen LogP contribution is -2.74. The third kappa shape index (κ3) is 5.17. The lowest BCUT2D eigenvalue weighted by molar-refractivity contribution is 1.17. The molecule has 268 valence electrons. The predicted octanol–water partition coefficient (Wildman–Crippen LogP) is 10.9. The molecule has 2 aromatic heterocycles. The summed E-state index contributed by atoms with van der Waals surface area (Å²) in [5, 5.41) is 10.4. The van der Waals surface area contributed by atoms with Crippen LogP contribution in [0.2, 0.25) is 0 Å². The molecule has 0 amide bonds. The number of para-hydroxylation sites is 2. The second kappa shape index (κ2) is 13.5. The molecule has 0 spiro atoms. The molecule has 9 aromatic carbocycles. The maximum atomic E-state index is 2.53. The van der Waals surface area contributed by atoms with Crippen LogP contribution in [0.1, 0.15) is 0 Å². The van der Waals surface area contributed by atoms with Crippen LogP contribution in [-0.4, -0.2) is 17.2 Å². The van der Waals surface area contributed by atoms with Crippen LogP contribution < -0.4 is 20.7 Å². The van der Waals surface area contributed by atoms with Crippen molar-refractivity contribution in [2.45, 2.75) is 0 Å². The van der Waals surface area contributed by atoms with Crippen molar-refractivity contribution in [3.05, 3.63) is 231 Å². The Morgan fingerprint density at radius 2 is 0.754 bits per heavy atom. The van der Waals surface area contributed by atoms with Gasteiger partial charge in [0.25, 0.3) is 0 Å². The summed E-state index contributed by atoms with van der Waals surface area (Å²) in [6.07, 6.45) is 0. The molecule has 0 aliphatic heterocycles. The van der Waals surface area contributed by atoms with Gasteiger partial charge in [-0.3, -0.25) is 0 Å². The van der Waals surface area contributed by atoms with E-state index in [1.807, 2.05) is 0 Å². The van der Waals surface area contributed by atoms with Crippen LogP contribution in [-0.2, 0) is 0 Å². The fourth-order valence-corrected chi connectivity index (χ4v) is 14.2. The van der Waals surface area contributed by atoms with E-state index < -0.39 is 8.07 Å². The van der Waals surface area contributed by atoms with Crippen LogP contribution in [0.15, 0.2) is 231 Å². The van der Waals surface area contributed by atoms with Crippen LogP contribution in [0, 0.1) is 0 Å². The first-order chi connectivity index (χ1) is 28.3. The number of fused-ring (bicyclic) bond motifs is 6. The number of rotatable bonds is 7. The van der Waals surface area contributed by atoms with Crippen molar-refractivity contribution in [2.75, 3.05) is 0 Å². The molecule has 0 saturated heterocycles. The van der Waals surface area contributed by atoms with Gasteiger partial charge in [-0.1, -0.05) is 188 Å². The van der Waals surface area contributed by atoms with Crippen molar-refractivity contribution in [2.24, 2.45) is 0 Å². The molecule has 0 saturated carbocycles. The third-order valence-electron chi connectivity index (χ3n) is 11.9. The molecule has 2 nitrogen and oxygen atoms in total. The lowest BCUT2D eigenvalue weighted by atomic mass is 10.1. The fourth-order valence-electron chi connectivity index (χ4n) is 9.43. The predicted molar refractivity (Wildman–Crippen MR) is 244 cm³/mol. The maximum absolute atomic E-state index is 2.77. The fraction of sp³-hybridized carbons (Fsp3) is 0. The summed E-state index contributed by atoms with van der Waals surface area (Å²) in [5.74, 6) is 0. The highest BCUT2D eigenvalue weighted by atomic mass is 28.3. The Morgan fingerprint density at radius 1 is 0.281 bits per heavy atom. The van der Waals surface area contributed by atoms with Crippen molar-refractivity contribution in [1.82, 2.24) is 9.13 Å². The smallest absolute Gasteiger partial charge is 0.179 e. The molecule has 0 atom stereocenters. The van der Waals surface area contributed by atoms with E-state index in [9.17, 15) is 0 Å². The Kier molecular flexibility index (Phi) is 7.87. The summed E-state index contributed by atoms with van der Waals surface area (Å²) in [7, 11) is -2.77. The number of aromatic nitrogens is 2. The summed E-state index contributed by atoms with van der Waals surface area (Å²) < 4.78 is 4.96. The van der Waals surface area contributed by atoms with Gasteiger partial charge in [0.1, 0.15) is 0 Å². The van der Waals surface area contributed by atoms with Gasteiger partial charge in [-0.05, 0) is 74.3 Å². The van der Waals surface area contributed by atoms with E-state index in [0.717, 1.165) is 5.69 Å². The van der Waals surface area contributed by atoms with Crippen LogP contribution in [0.3, 0.4) is 0 Å². The lowest BCUT2D eigenvalue weighted by Gasteiger charge is -2.34. The Hall–Kier alpha value is -7.20. The molecule has 0 unspecified atom stereocenters. The van der Waals surface area contributed by atoms with Crippen LogP contribution in [0.4, 0.5) is 0 Å². The average Bonchev–Trinajstić information content (AvgIpc) is 3.81. The topological polar surface area (TPSA) is 9.86 Å². The minimum Gasteiger partial charge on any atom is -0.309 e. The van der Waals surface area contributed by atoms with E-state index in [-0.39, 0.29) is 0 Å². The van der Waals surface area contributed by atoms with Crippen molar-refractivity contribution in [3.63, 3.8) is 0 Å². The van der Waals surface area contributed by atoms with Gasteiger partial charge in [0, 0.05) is 27.2 Å². The minimum atomic E-state index is -2.77. The molecule has 2 heterocycles. The summed E-state index contributed by atoms with van der Waals surface area (Å²) in [6, 6.07) is 85.2. The zero-order valence-electron chi connectivity index (χ0n) is 31.3. The molecule has 0 fully saturated rings. The van der Waals surface area contributed by atoms with Gasteiger partial charge in [0.2, 0.25) is 0 Å². The van der Waals surface area contributed by atoms with Crippen molar-refractivity contribution < 1.29 is 0 Å². The number of hydrogen-bond acceptors (Lipinski definition) is 0. The highest BCUT2D eigenvalue weighted by Crippen LogP contribution is 2.40. The third-order valence-corrected chi connectivity index (χ3v) is 16.7. The molecule has 11 aromatic rings. The molecule has 0 aliphatic carbocycles. The van der Waals surface area contributed by atoms with E-state index in [1.165, 1.54) is 81.2 Å². The highest BCUT2D eigenvalue weighted by molar-refractivity contribution is 7.20. The second-order valence-corrected chi connectivity index (χ2v) is 18.7. The van der Waals surface area contributed by atoms with E-state index in [1.54, 1.807) is 0 Å². The zero-order valence-corrected chi connectivity index (χ0v) is 32.3. The Bertz CT molecular complexity index is 3100. The summed E-state index contributed by atoms with van der Waals surface area (Å²) in [4.78, 5) is 0. The molecule has 0 radical (unpaired) electrons. The van der Waals surface area contributed by atoms with E-state index in [0.29, 0.717) is 0 Å². The largest absolute Gasteiger partial charge is 0.309 e. The first-order valence-corrected chi connectivity index (χ1v) is 21.7. The minimum absolute atomic E-state index is 1.15. The Morgan fingerprint density at radius 3 is 1.37 bits per heavy atom. The number of hydrogen-bond donors (Lipinski definition) is 0. The second-order valence-electron chi connectivity index (χ2n) is 14.9. The van der Waals surface area contributed by atoms with Crippen LogP contribution >= 0.6 is 0 Å². The summed E-state index contributed by atoms with van der Waals surface area (Å²) in [5.41, 5.74) is 9.55. The van der Waals surface area contributed by atoms with Gasteiger partial charge >= 0.3 is 0 Å². The molecule has 3 heteroatoms. The summed E-state index contributed by atoms with van der Waals surface area (Å²) in [6.45, 7) is 0. The van der Waals surface area contributed by atoms with E-state index in [2.05, 4.69) is 240 Å². The van der Waals surface area contributed by atoms with Crippen LogP contribution in [0.5, 0.6) is 0 Å². The van der Waals surface area contributed by atoms with E-state index >= 15 is 0 Å². The Labute approximate surface area is 333 Å². The van der Waals surface area contributed by atoms with Gasteiger partial charge in [-0.25, -0.2) is 0 Å². The molecule has 0 N–H and O–H groups in total. The number of nitrogens with zero attached hydrogens (tertiary/aromatic N) is 2. The van der Waals surface area contributed by atoms with E-state index in [4.69, 9.17) is 0 Å². The molecular weight excluding hydrogens is 705 g/mol. The van der Waals surface area contributed by atoms with Gasteiger partial charge in [-0.15, -0.1) is 0 Å². The first-order valence-electron chi connectivity index (χ1n) is 19.7. The quantitative estimate of drug-likeness (QED) is 0.114. The van der Waals surface area contributed by atoms with Crippen molar-refractivity contribution in [3.8, 4) is 22.5 Å². The number of benzene rings is 9. The van der Waals surface area contributed by atoms with Gasteiger partial charge in [0.05, 0.1) is 27.8 Å². The summed E-state index contributed by atoms with van der Waals surface area (Å²) >= 11 is 0. The average molecular weight is 743 g/mol. The molecule has 11 rings (SSSR count). The van der Waals surface area contributed by atoms with Crippen LogP contribution in [0.25, 0.3) is 66.1 Å². The molecule has 0 aliphatic rings. The van der Waals surface area contributed by atoms with Crippen molar-refractivity contribution in [1.29, 1.82) is 0 Å². The standard InChI is InChI=1S/C54H38N2Si/c1-5-18-39(19-6-1)40-32-34-41(35-33-40)55-50-29-16-14-27-48(50)54-51(55)30-17-31-52(54)56-49-28-15-13-26-46(49)47-37-36-45(38-53(47)56)57(42-20-7-2-8-21-42,43-22-9-3-10-23-43)44-24-11-4-12-25-44/h1-38H. The molecule has 57 heavy (non-hydrogen) atoms. The molecule has 0 bridgehead atoms. The normalized spacial score (nSPS) is 11.9. The van der Waals surface area contributed by atoms with Gasteiger partial charge in [-0.2, -0.15) is 0 Å². The zero-order chi connectivity index (χ0) is 37.8. The first kappa shape index (κ1) is 33.2. The van der Waals surface area contributed by atoms with Crippen molar-refractivity contribution >= 4 is 72.4 Å². The monoisotopic (exact) mass is 742 g/mol. The van der Waals surface area contributed by atoms with Gasteiger partial charge < -0.3 is 9.13 Å². The van der Waals surface area contributed by atoms with Gasteiger partial charge in [0.15, 0.2) is 8.07 Å². The maximum Gasteiger partial charge on any atom is 0.179 e. The highest BCUT2D eigenvalue weighted by Gasteiger charge is 2.41.